The smallest absolute Gasteiger partial charge is 0.316 e. The van der Waals surface area contributed by atoms with Gasteiger partial charge in [-0.2, -0.15) is 0 Å². The van der Waals surface area contributed by atoms with Gasteiger partial charge in [-0.1, -0.05) is 6.07 Å². The van der Waals surface area contributed by atoms with Gasteiger partial charge in [-0.15, -0.1) is 0 Å². The average molecular weight is 331 g/mol. The molecule has 1 unspecified atom stereocenters. The molecule has 1 aromatic rings. The lowest BCUT2D eigenvalue weighted by Crippen LogP contribution is -2.25. The van der Waals surface area contributed by atoms with Gasteiger partial charge in [0, 0.05) is 11.4 Å². The van der Waals surface area contributed by atoms with Crippen LogP contribution in [0.5, 0.6) is 0 Å². The standard InChI is InChI=1S/C18H25N3OS/c22-18(21-23-11-12-7-8-19-10-12)20-17-15-5-1-3-13(15)9-14-4-2-6-16(14)17/h9,12,19H,1-8,10-11H2,(H2,20,21,22). The minimum Gasteiger partial charge on any atom is -0.316 e. The number of rotatable bonds is 4. The highest BCUT2D eigenvalue weighted by molar-refractivity contribution is 7.97. The average Bonchev–Trinajstić information content (AvgIpc) is 3.27. The molecule has 4 nitrogen and oxygen atoms in total. The van der Waals surface area contributed by atoms with E-state index in [-0.39, 0.29) is 6.03 Å². The normalized spacial score (nSPS) is 22.0. The molecule has 1 aromatic carbocycles. The topological polar surface area (TPSA) is 53.2 Å². The minimum absolute atomic E-state index is 0.0599. The van der Waals surface area contributed by atoms with E-state index >= 15 is 0 Å². The Morgan fingerprint density at radius 3 is 2.57 bits per heavy atom. The molecular formula is C18H25N3OS. The van der Waals surface area contributed by atoms with Gasteiger partial charge < -0.3 is 10.6 Å². The van der Waals surface area contributed by atoms with Crippen molar-refractivity contribution in [3.63, 3.8) is 0 Å². The monoisotopic (exact) mass is 331 g/mol. The summed E-state index contributed by atoms with van der Waals surface area (Å²) in [7, 11) is 0. The van der Waals surface area contributed by atoms with E-state index in [1.807, 2.05) is 0 Å². The van der Waals surface area contributed by atoms with Crippen molar-refractivity contribution in [1.82, 2.24) is 10.0 Å². The summed E-state index contributed by atoms with van der Waals surface area (Å²) in [5, 5.41) is 6.55. The summed E-state index contributed by atoms with van der Waals surface area (Å²) in [4.78, 5) is 12.3. The van der Waals surface area contributed by atoms with Crippen LogP contribution in [-0.2, 0) is 25.7 Å². The molecule has 3 aliphatic rings. The number of hydrogen-bond donors (Lipinski definition) is 3. The molecule has 0 saturated carbocycles. The molecule has 4 rings (SSSR count). The highest BCUT2D eigenvalue weighted by atomic mass is 32.2. The van der Waals surface area contributed by atoms with Gasteiger partial charge in [0.2, 0.25) is 0 Å². The summed E-state index contributed by atoms with van der Waals surface area (Å²) in [6.45, 7) is 2.19. The number of nitrogens with one attached hydrogen (secondary N) is 3. The maximum Gasteiger partial charge on any atom is 0.329 e. The Labute approximate surface area is 142 Å². The zero-order valence-corrected chi connectivity index (χ0v) is 14.4. The van der Waals surface area contributed by atoms with Gasteiger partial charge in [-0.05, 0) is 98.2 Å². The third-order valence-electron chi connectivity index (χ3n) is 5.36. The quantitative estimate of drug-likeness (QED) is 0.743. The van der Waals surface area contributed by atoms with Crippen molar-refractivity contribution in [2.24, 2.45) is 5.92 Å². The minimum atomic E-state index is -0.0599. The highest BCUT2D eigenvalue weighted by Crippen LogP contribution is 2.38. The van der Waals surface area contributed by atoms with Crippen molar-refractivity contribution in [2.45, 2.75) is 44.9 Å². The molecule has 23 heavy (non-hydrogen) atoms. The first-order chi connectivity index (χ1) is 11.3. The van der Waals surface area contributed by atoms with Gasteiger partial charge in [0.15, 0.2) is 0 Å². The summed E-state index contributed by atoms with van der Waals surface area (Å²) in [5.41, 5.74) is 6.85. The van der Waals surface area contributed by atoms with Gasteiger partial charge in [0.1, 0.15) is 0 Å². The van der Waals surface area contributed by atoms with Crippen LogP contribution in [-0.4, -0.2) is 24.9 Å². The fourth-order valence-electron chi connectivity index (χ4n) is 4.19. The molecule has 0 aromatic heterocycles. The van der Waals surface area contributed by atoms with Gasteiger partial charge in [-0.3, -0.25) is 4.72 Å². The summed E-state index contributed by atoms with van der Waals surface area (Å²) in [5.74, 6) is 1.68. The lowest BCUT2D eigenvalue weighted by molar-refractivity contribution is 0.257. The van der Waals surface area contributed by atoms with Crippen LogP contribution in [0, 0.1) is 5.92 Å². The second kappa shape index (κ2) is 6.73. The van der Waals surface area contributed by atoms with Crippen LogP contribution in [0.1, 0.15) is 41.5 Å². The van der Waals surface area contributed by atoms with Crippen molar-refractivity contribution in [1.29, 1.82) is 0 Å². The Hall–Kier alpha value is -1.20. The fraction of sp³-hybridized carbons (Fsp3) is 0.611. The van der Waals surface area contributed by atoms with Gasteiger partial charge in [0.05, 0.1) is 0 Å². The predicted octanol–water partition coefficient (Wildman–Crippen LogP) is 3.04. The van der Waals surface area contributed by atoms with Gasteiger partial charge >= 0.3 is 6.03 Å². The van der Waals surface area contributed by atoms with Crippen molar-refractivity contribution < 1.29 is 4.79 Å². The third kappa shape index (κ3) is 3.22. The second-order valence-corrected chi connectivity index (χ2v) is 7.79. The molecule has 124 valence electrons. The van der Waals surface area contributed by atoms with E-state index in [2.05, 4.69) is 21.4 Å². The van der Waals surface area contributed by atoms with Gasteiger partial charge in [-0.25, -0.2) is 4.79 Å². The maximum absolute atomic E-state index is 12.3. The van der Waals surface area contributed by atoms with E-state index in [0.29, 0.717) is 5.92 Å². The van der Waals surface area contributed by atoms with Crippen molar-refractivity contribution in [3.05, 3.63) is 28.3 Å². The first-order valence-electron chi connectivity index (χ1n) is 8.87. The number of carbonyl (C=O) groups excluding carboxylic acids is 1. The number of hydrogen-bond acceptors (Lipinski definition) is 3. The van der Waals surface area contributed by atoms with E-state index in [1.165, 1.54) is 54.4 Å². The Morgan fingerprint density at radius 1 is 1.17 bits per heavy atom. The van der Waals surface area contributed by atoms with Crippen LogP contribution >= 0.6 is 11.9 Å². The lowest BCUT2D eigenvalue weighted by Gasteiger charge is -2.16. The predicted molar refractivity (Wildman–Crippen MR) is 96.1 cm³/mol. The second-order valence-electron chi connectivity index (χ2n) is 6.96. The molecule has 1 aliphatic heterocycles. The number of carbonyl (C=O) groups is 1. The fourth-order valence-corrected chi connectivity index (χ4v) is 4.97. The molecule has 2 aliphatic carbocycles. The van der Waals surface area contributed by atoms with E-state index in [0.717, 1.165) is 37.4 Å². The molecule has 1 fully saturated rings. The number of benzene rings is 1. The van der Waals surface area contributed by atoms with E-state index in [1.54, 1.807) is 11.9 Å². The lowest BCUT2D eigenvalue weighted by atomic mass is 9.99. The Kier molecular flexibility index (Phi) is 4.49. The molecule has 1 heterocycles. The number of aryl methyl sites for hydroxylation is 2. The van der Waals surface area contributed by atoms with Gasteiger partial charge in [0.25, 0.3) is 0 Å². The molecule has 3 N–H and O–H groups in total. The van der Waals surface area contributed by atoms with E-state index in [4.69, 9.17) is 0 Å². The van der Waals surface area contributed by atoms with Crippen LogP contribution in [0.25, 0.3) is 0 Å². The summed E-state index contributed by atoms with van der Waals surface area (Å²) < 4.78 is 2.98. The van der Waals surface area contributed by atoms with Crippen LogP contribution in [0.3, 0.4) is 0 Å². The van der Waals surface area contributed by atoms with Crippen LogP contribution < -0.4 is 15.4 Å². The zero-order valence-electron chi connectivity index (χ0n) is 13.5. The van der Waals surface area contributed by atoms with Crippen LogP contribution in [0.2, 0.25) is 0 Å². The first-order valence-corrected chi connectivity index (χ1v) is 9.86. The molecule has 1 atom stereocenters. The Balaban J connectivity index is 1.41. The van der Waals surface area contributed by atoms with Crippen LogP contribution in [0.4, 0.5) is 10.5 Å². The Bertz CT molecular complexity index is 579. The van der Waals surface area contributed by atoms with E-state index in [9.17, 15) is 4.79 Å². The number of amides is 2. The number of fused-ring (bicyclic) bond motifs is 2. The highest BCUT2D eigenvalue weighted by Gasteiger charge is 2.25. The third-order valence-corrected chi connectivity index (χ3v) is 6.33. The molecule has 0 spiro atoms. The zero-order chi connectivity index (χ0) is 15.6. The first kappa shape index (κ1) is 15.3. The maximum atomic E-state index is 12.3. The summed E-state index contributed by atoms with van der Waals surface area (Å²) in [6.07, 6.45) is 8.22. The van der Waals surface area contributed by atoms with E-state index < -0.39 is 0 Å². The summed E-state index contributed by atoms with van der Waals surface area (Å²) in [6, 6.07) is 2.34. The number of anilines is 1. The van der Waals surface area contributed by atoms with Crippen molar-refractivity contribution in [3.8, 4) is 0 Å². The molecule has 2 amide bonds. The van der Waals surface area contributed by atoms with Crippen molar-refractivity contribution >= 4 is 23.7 Å². The largest absolute Gasteiger partial charge is 0.329 e. The Morgan fingerprint density at radius 2 is 1.91 bits per heavy atom. The summed E-state index contributed by atoms with van der Waals surface area (Å²) >= 11 is 1.54. The SMILES string of the molecule is O=C(NSCC1CCNC1)Nc1c2c(cc3c1CCC3)CCC2. The van der Waals surface area contributed by atoms with Crippen LogP contribution in [0.15, 0.2) is 6.07 Å². The molecule has 1 saturated heterocycles. The molecule has 5 heteroatoms. The number of urea groups is 1. The van der Waals surface area contributed by atoms with Crippen molar-refractivity contribution in [2.75, 3.05) is 24.2 Å². The molecule has 0 bridgehead atoms. The molecule has 0 radical (unpaired) electrons. The molecular weight excluding hydrogens is 306 g/mol.